The van der Waals surface area contributed by atoms with Crippen LogP contribution in [0.25, 0.3) is 0 Å². The molecule has 0 aromatic heterocycles. The Kier molecular flexibility index (Phi) is 4.33. The molecule has 1 aliphatic rings. The maximum absolute atomic E-state index is 5.97. The Labute approximate surface area is 75.2 Å². The van der Waals surface area contributed by atoms with E-state index in [0.29, 0.717) is 12.1 Å². The van der Waals surface area contributed by atoms with Crippen molar-refractivity contribution in [2.75, 3.05) is 6.54 Å². The Balaban J connectivity index is 2.15. The van der Waals surface area contributed by atoms with Gasteiger partial charge >= 0.3 is 0 Å². The Morgan fingerprint density at radius 3 is 2.83 bits per heavy atom. The highest BCUT2D eigenvalue weighted by atomic mass is 14.9. The second-order valence-electron chi connectivity index (χ2n) is 3.59. The summed E-state index contributed by atoms with van der Waals surface area (Å²) in [7, 11) is 0. The number of hydrogen-bond acceptors (Lipinski definition) is 2. The highest BCUT2D eigenvalue weighted by molar-refractivity contribution is 4.84. The molecule has 0 heterocycles. The summed E-state index contributed by atoms with van der Waals surface area (Å²) < 4.78 is 0. The van der Waals surface area contributed by atoms with Crippen LogP contribution in [0.15, 0.2) is 12.7 Å². The third-order valence-electron chi connectivity index (χ3n) is 2.57. The number of rotatable bonds is 4. The van der Waals surface area contributed by atoms with Crippen LogP contribution in [-0.2, 0) is 0 Å². The fourth-order valence-corrected chi connectivity index (χ4v) is 1.78. The van der Waals surface area contributed by atoms with Gasteiger partial charge in [0.05, 0.1) is 0 Å². The van der Waals surface area contributed by atoms with E-state index in [2.05, 4.69) is 11.9 Å². The van der Waals surface area contributed by atoms with Gasteiger partial charge in [-0.15, -0.1) is 6.58 Å². The van der Waals surface area contributed by atoms with Crippen molar-refractivity contribution in [3.63, 3.8) is 0 Å². The number of nitrogens with two attached hydrogens (primary N) is 1. The smallest absolute Gasteiger partial charge is 0.0219 e. The van der Waals surface area contributed by atoms with Crippen LogP contribution in [-0.4, -0.2) is 18.6 Å². The third kappa shape index (κ3) is 2.95. The van der Waals surface area contributed by atoms with Gasteiger partial charge in [-0.25, -0.2) is 0 Å². The second kappa shape index (κ2) is 5.33. The summed E-state index contributed by atoms with van der Waals surface area (Å²) in [5, 5.41) is 3.48. The normalized spacial score (nSPS) is 30.1. The molecule has 1 rings (SSSR count). The van der Waals surface area contributed by atoms with Crippen molar-refractivity contribution in [3.8, 4) is 0 Å². The van der Waals surface area contributed by atoms with Crippen molar-refractivity contribution in [3.05, 3.63) is 12.7 Å². The zero-order chi connectivity index (χ0) is 8.81. The molecule has 1 aliphatic carbocycles. The van der Waals surface area contributed by atoms with E-state index >= 15 is 0 Å². The molecule has 0 spiro atoms. The van der Waals surface area contributed by atoms with Crippen LogP contribution in [0.2, 0.25) is 0 Å². The van der Waals surface area contributed by atoms with Gasteiger partial charge in [0.2, 0.25) is 0 Å². The number of nitrogens with one attached hydrogen (secondary N) is 1. The summed E-state index contributed by atoms with van der Waals surface area (Å²) in [6, 6.07) is 0.933. The quantitative estimate of drug-likeness (QED) is 0.492. The molecule has 0 bridgehead atoms. The largest absolute Gasteiger partial charge is 0.326 e. The van der Waals surface area contributed by atoms with Crippen molar-refractivity contribution in [2.45, 2.75) is 44.2 Å². The monoisotopic (exact) mass is 168 g/mol. The van der Waals surface area contributed by atoms with Gasteiger partial charge in [-0.2, -0.15) is 0 Å². The molecule has 0 saturated heterocycles. The molecular weight excluding hydrogens is 148 g/mol. The van der Waals surface area contributed by atoms with E-state index in [9.17, 15) is 0 Å². The summed E-state index contributed by atoms with van der Waals surface area (Å²) in [6.07, 6.45) is 8.06. The van der Waals surface area contributed by atoms with E-state index in [1.54, 1.807) is 0 Å². The van der Waals surface area contributed by atoms with Gasteiger partial charge in [-0.05, 0) is 25.8 Å². The molecule has 1 saturated carbocycles. The van der Waals surface area contributed by atoms with Gasteiger partial charge in [0.1, 0.15) is 0 Å². The summed E-state index contributed by atoms with van der Waals surface area (Å²) in [4.78, 5) is 0. The first kappa shape index (κ1) is 9.75. The molecule has 2 nitrogen and oxygen atoms in total. The summed E-state index contributed by atoms with van der Waals surface area (Å²) in [5.74, 6) is 0. The van der Waals surface area contributed by atoms with E-state index in [1.807, 2.05) is 6.08 Å². The Hall–Kier alpha value is -0.340. The summed E-state index contributed by atoms with van der Waals surface area (Å²) in [5.41, 5.74) is 5.97. The maximum atomic E-state index is 5.97. The minimum absolute atomic E-state index is 0.378. The fraction of sp³-hybridized carbons (Fsp3) is 0.800. The van der Waals surface area contributed by atoms with E-state index in [1.165, 1.54) is 25.7 Å². The molecule has 12 heavy (non-hydrogen) atoms. The summed E-state index contributed by atoms with van der Waals surface area (Å²) >= 11 is 0. The Morgan fingerprint density at radius 1 is 1.42 bits per heavy atom. The molecule has 2 unspecified atom stereocenters. The molecule has 2 atom stereocenters. The average Bonchev–Trinajstić information content (AvgIpc) is 2.09. The van der Waals surface area contributed by atoms with E-state index in [4.69, 9.17) is 5.73 Å². The van der Waals surface area contributed by atoms with E-state index in [0.717, 1.165) is 13.0 Å². The average molecular weight is 168 g/mol. The highest BCUT2D eigenvalue weighted by Gasteiger charge is 2.20. The number of hydrogen-bond donors (Lipinski definition) is 2. The molecule has 70 valence electrons. The van der Waals surface area contributed by atoms with Crippen LogP contribution in [0, 0.1) is 0 Å². The highest BCUT2D eigenvalue weighted by Crippen LogP contribution is 2.16. The van der Waals surface area contributed by atoms with Crippen LogP contribution < -0.4 is 11.1 Å². The Bertz CT molecular complexity index is 134. The van der Waals surface area contributed by atoms with Gasteiger partial charge in [0, 0.05) is 12.1 Å². The lowest BCUT2D eigenvalue weighted by atomic mass is 9.91. The van der Waals surface area contributed by atoms with Crippen LogP contribution >= 0.6 is 0 Å². The fourth-order valence-electron chi connectivity index (χ4n) is 1.78. The van der Waals surface area contributed by atoms with E-state index in [-0.39, 0.29) is 0 Å². The van der Waals surface area contributed by atoms with Crippen molar-refractivity contribution >= 4 is 0 Å². The molecule has 0 aromatic rings. The lowest BCUT2D eigenvalue weighted by Gasteiger charge is -2.29. The van der Waals surface area contributed by atoms with Crippen LogP contribution in [0.4, 0.5) is 0 Å². The van der Waals surface area contributed by atoms with Crippen molar-refractivity contribution in [1.29, 1.82) is 0 Å². The first-order valence-electron chi connectivity index (χ1n) is 4.94. The molecule has 0 aliphatic heterocycles. The third-order valence-corrected chi connectivity index (χ3v) is 2.57. The van der Waals surface area contributed by atoms with E-state index < -0.39 is 0 Å². The maximum Gasteiger partial charge on any atom is 0.0219 e. The lowest BCUT2D eigenvalue weighted by Crippen LogP contribution is -2.47. The second-order valence-corrected chi connectivity index (χ2v) is 3.59. The molecule has 0 radical (unpaired) electrons. The molecule has 2 heteroatoms. The van der Waals surface area contributed by atoms with Crippen molar-refractivity contribution < 1.29 is 0 Å². The van der Waals surface area contributed by atoms with Crippen LogP contribution in [0.5, 0.6) is 0 Å². The standard InChI is InChI=1S/C10H20N2/c1-2-3-8-12-10-7-5-4-6-9(10)11/h2,9-10,12H,1,3-8,11H2. The zero-order valence-electron chi connectivity index (χ0n) is 7.76. The summed E-state index contributed by atoms with van der Waals surface area (Å²) in [6.45, 7) is 4.72. The predicted molar refractivity (Wildman–Crippen MR) is 53.0 cm³/mol. The van der Waals surface area contributed by atoms with Crippen molar-refractivity contribution in [1.82, 2.24) is 5.32 Å². The van der Waals surface area contributed by atoms with Gasteiger partial charge in [0.25, 0.3) is 0 Å². The van der Waals surface area contributed by atoms with Crippen molar-refractivity contribution in [2.24, 2.45) is 5.73 Å². The molecule has 1 fully saturated rings. The van der Waals surface area contributed by atoms with Gasteiger partial charge in [-0.3, -0.25) is 0 Å². The first-order chi connectivity index (χ1) is 5.84. The predicted octanol–water partition coefficient (Wildman–Crippen LogP) is 1.42. The van der Waals surface area contributed by atoms with Crippen LogP contribution in [0.1, 0.15) is 32.1 Å². The molecule has 0 amide bonds. The lowest BCUT2D eigenvalue weighted by molar-refractivity contribution is 0.330. The van der Waals surface area contributed by atoms with Gasteiger partial charge in [0.15, 0.2) is 0 Å². The molecule has 3 N–H and O–H groups in total. The SMILES string of the molecule is C=CCCNC1CCCCC1N. The Morgan fingerprint density at radius 2 is 2.17 bits per heavy atom. The zero-order valence-corrected chi connectivity index (χ0v) is 7.76. The molecular formula is C10H20N2. The minimum atomic E-state index is 0.378. The van der Waals surface area contributed by atoms with Gasteiger partial charge in [-0.1, -0.05) is 18.9 Å². The minimum Gasteiger partial charge on any atom is -0.326 e. The first-order valence-corrected chi connectivity index (χ1v) is 4.94. The van der Waals surface area contributed by atoms with Gasteiger partial charge < -0.3 is 11.1 Å². The topological polar surface area (TPSA) is 38.0 Å². The van der Waals surface area contributed by atoms with Crippen LogP contribution in [0.3, 0.4) is 0 Å². The molecule has 0 aromatic carbocycles.